The Kier molecular flexibility index (Phi) is 5.24. The average molecular weight is 439 g/mol. The predicted molar refractivity (Wildman–Crippen MR) is 115 cm³/mol. The summed E-state index contributed by atoms with van der Waals surface area (Å²) in [6, 6.07) is 18.0. The number of amides is 1. The first-order chi connectivity index (χ1) is 14.7. The lowest BCUT2D eigenvalue weighted by molar-refractivity contribution is 0.193. The first kappa shape index (κ1) is 20.6. The number of carbonyl (C=O) groups is 1. The normalized spacial score (nSPS) is 11.5. The van der Waals surface area contributed by atoms with Crippen LogP contribution in [-0.2, 0) is 16.4 Å². The van der Waals surface area contributed by atoms with E-state index in [0.717, 1.165) is 28.3 Å². The second kappa shape index (κ2) is 7.88. The highest BCUT2D eigenvalue weighted by Gasteiger charge is 2.15. The van der Waals surface area contributed by atoms with Gasteiger partial charge in [0.1, 0.15) is 17.2 Å². The topological polar surface area (TPSA) is 96.6 Å². The van der Waals surface area contributed by atoms with Crippen molar-refractivity contribution in [3.63, 3.8) is 0 Å². The fourth-order valence-electron chi connectivity index (χ4n) is 3.36. The van der Waals surface area contributed by atoms with E-state index in [0.29, 0.717) is 16.9 Å². The van der Waals surface area contributed by atoms with Crippen LogP contribution in [0.3, 0.4) is 0 Å². The molecule has 3 aromatic carbocycles. The molecule has 0 saturated heterocycles. The number of sulfone groups is 1. The van der Waals surface area contributed by atoms with Gasteiger partial charge in [-0.2, -0.15) is 0 Å². The van der Waals surface area contributed by atoms with Gasteiger partial charge in [0, 0.05) is 17.2 Å². The Labute approximate surface area is 177 Å². The van der Waals surface area contributed by atoms with Crippen molar-refractivity contribution >= 4 is 26.9 Å². The van der Waals surface area contributed by atoms with E-state index < -0.39 is 15.9 Å². The van der Waals surface area contributed by atoms with Crippen LogP contribution in [0.25, 0.3) is 33.2 Å². The first-order valence-electron chi connectivity index (χ1n) is 9.30. The molecule has 4 aromatic rings. The number of furan rings is 1. The number of rotatable bonds is 5. The number of benzene rings is 3. The van der Waals surface area contributed by atoms with Crippen molar-refractivity contribution in [2.75, 3.05) is 6.26 Å². The van der Waals surface area contributed by atoms with Crippen LogP contribution in [-0.4, -0.2) is 25.9 Å². The lowest BCUT2D eigenvalue weighted by Crippen LogP contribution is -2.19. The fourth-order valence-corrected chi connectivity index (χ4v) is 3.99. The second-order valence-electron chi connectivity index (χ2n) is 7.12. The van der Waals surface area contributed by atoms with Crippen molar-refractivity contribution in [2.24, 2.45) is 0 Å². The summed E-state index contributed by atoms with van der Waals surface area (Å²) < 4.78 is 42.8. The van der Waals surface area contributed by atoms with E-state index in [1.807, 2.05) is 12.1 Å². The van der Waals surface area contributed by atoms with Crippen molar-refractivity contribution in [3.05, 3.63) is 78.3 Å². The third-order valence-electron chi connectivity index (χ3n) is 4.85. The smallest absolute Gasteiger partial charge is 0.405 e. The van der Waals surface area contributed by atoms with E-state index in [2.05, 4.69) is 5.32 Å². The number of halogens is 1. The van der Waals surface area contributed by atoms with Gasteiger partial charge in [0.15, 0.2) is 9.84 Å². The molecule has 2 N–H and O–H groups in total. The lowest BCUT2D eigenvalue weighted by atomic mass is 9.97. The molecule has 8 heteroatoms. The number of hydrogen-bond donors (Lipinski definition) is 2. The molecule has 1 amide bonds. The Bertz CT molecular complexity index is 1370. The van der Waals surface area contributed by atoms with E-state index in [4.69, 9.17) is 9.52 Å². The van der Waals surface area contributed by atoms with Crippen LogP contribution >= 0.6 is 0 Å². The summed E-state index contributed by atoms with van der Waals surface area (Å²) in [6.45, 7) is 0.00522. The van der Waals surface area contributed by atoms with Crippen LogP contribution in [0.2, 0.25) is 0 Å². The molecule has 6 nitrogen and oxygen atoms in total. The molecule has 0 bridgehead atoms. The summed E-state index contributed by atoms with van der Waals surface area (Å²) in [4.78, 5) is 11.0. The van der Waals surface area contributed by atoms with Gasteiger partial charge in [-0.05, 0) is 59.2 Å². The molecule has 0 radical (unpaired) electrons. The molecule has 0 atom stereocenters. The van der Waals surface area contributed by atoms with Crippen LogP contribution in [0, 0.1) is 5.82 Å². The van der Waals surface area contributed by atoms with E-state index in [9.17, 15) is 17.6 Å². The summed E-state index contributed by atoms with van der Waals surface area (Å²) in [7, 11) is -3.31. The summed E-state index contributed by atoms with van der Waals surface area (Å²) in [5, 5.41) is 11.9. The predicted octanol–water partition coefficient (Wildman–Crippen LogP) is 5.08. The molecule has 0 spiro atoms. The molecular formula is C23H18FNO5S. The summed E-state index contributed by atoms with van der Waals surface area (Å²) >= 11 is 0. The standard InChI is InChI=1S/C23H18FNO5S/c1-31(28,29)20-8-4-14(5-9-20)16-10-17-11-19(13-25-23(26)27)30-22(17)21(12-16)15-2-6-18(24)7-3-15/h2-12,25H,13H2,1H3,(H,26,27). The zero-order valence-corrected chi connectivity index (χ0v) is 17.2. The van der Waals surface area contributed by atoms with Gasteiger partial charge < -0.3 is 14.8 Å². The molecule has 0 fully saturated rings. The molecule has 0 saturated carbocycles. The zero-order chi connectivity index (χ0) is 22.2. The maximum absolute atomic E-state index is 13.4. The van der Waals surface area contributed by atoms with Crippen molar-refractivity contribution < 1.29 is 27.1 Å². The Morgan fingerprint density at radius 1 is 0.968 bits per heavy atom. The van der Waals surface area contributed by atoms with Gasteiger partial charge in [-0.15, -0.1) is 0 Å². The van der Waals surface area contributed by atoms with Crippen molar-refractivity contribution in [2.45, 2.75) is 11.4 Å². The Morgan fingerprint density at radius 3 is 2.23 bits per heavy atom. The maximum Gasteiger partial charge on any atom is 0.405 e. The van der Waals surface area contributed by atoms with Crippen LogP contribution in [0.4, 0.5) is 9.18 Å². The van der Waals surface area contributed by atoms with E-state index in [-0.39, 0.29) is 17.3 Å². The first-order valence-corrected chi connectivity index (χ1v) is 11.2. The molecule has 1 heterocycles. The molecule has 0 aliphatic rings. The molecule has 0 aliphatic heterocycles. The molecule has 31 heavy (non-hydrogen) atoms. The Balaban J connectivity index is 1.86. The minimum Gasteiger partial charge on any atom is -0.465 e. The van der Waals surface area contributed by atoms with Gasteiger partial charge in [0.25, 0.3) is 0 Å². The number of carboxylic acid groups (broad SMARTS) is 1. The molecule has 4 rings (SSSR count). The summed E-state index contributed by atoms with van der Waals surface area (Å²) in [5.74, 6) is 0.0728. The van der Waals surface area contributed by atoms with Gasteiger partial charge in [-0.25, -0.2) is 17.6 Å². The maximum atomic E-state index is 13.4. The van der Waals surface area contributed by atoms with E-state index in [1.165, 1.54) is 12.1 Å². The molecule has 1 aromatic heterocycles. The fraction of sp³-hybridized carbons (Fsp3) is 0.0870. The number of nitrogens with one attached hydrogen (secondary N) is 1. The highest BCUT2D eigenvalue weighted by atomic mass is 32.2. The highest BCUT2D eigenvalue weighted by Crippen LogP contribution is 2.36. The van der Waals surface area contributed by atoms with Crippen molar-refractivity contribution in [1.29, 1.82) is 0 Å². The van der Waals surface area contributed by atoms with Gasteiger partial charge in [-0.3, -0.25) is 0 Å². The minimum atomic E-state index is -3.31. The molecule has 0 unspecified atom stereocenters. The zero-order valence-electron chi connectivity index (χ0n) is 16.4. The van der Waals surface area contributed by atoms with Gasteiger partial charge >= 0.3 is 6.09 Å². The van der Waals surface area contributed by atoms with Crippen LogP contribution in [0.5, 0.6) is 0 Å². The Morgan fingerprint density at radius 2 is 1.61 bits per heavy atom. The number of hydrogen-bond acceptors (Lipinski definition) is 4. The minimum absolute atomic E-state index is 0.00522. The summed E-state index contributed by atoms with van der Waals surface area (Å²) in [6.07, 6.45) is -0.00958. The lowest BCUT2D eigenvalue weighted by Gasteiger charge is -2.09. The van der Waals surface area contributed by atoms with Gasteiger partial charge in [0.05, 0.1) is 11.4 Å². The Hall–Kier alpha value is -3.65. The van der Waals surface area contributed by atoms with Crippen molar-refractivity contribution in [1.82, 2.24) is 5.32 Å². The largest absolute Gasteiger partial charge is 0.465 e. The SMILES string of the molecule is CS(=O)(=O)c1ccc(-c2cc(-c3ccc(F)cc3)c3oc(CNC(=O)O)cc3c2)cc1. The average Bonchev–Trinajstić information content (AvgIpc) is 3.15. The van der Waals surface area contributed by atoms with Gasteiger partial charge in [-0.1, -0.05) is 24.3 Å². The second-order valence-corrected chi connectivity index (χ2v) is 9.13. The van der Waals surface area contributed by atoms with Crippen LogP contribution in [0.1, 0.15) is 5.76 Å². The highest BCUT2D eigenvalue weighted by molar-refractivity contribution is 7.90. The number of fused-ring (bicyclic) bond motifs is 1. The third-order valence-corrected chi connectivity index (χ3v) is 5.98. The monoisotopic (exact) mass is 439 g/mol. The van der Waals surface area contributed by atoms with Gasteiger partial charge in [0.2, 0.25) is 0 Å². The quantitative estimate of drug-likeness (QED) is 0.452. The van der Waals surface area contributed by atoms with Crippen LogP contribution in [0.15, 0.2) is 76.0 Å². The molecule has 158 valence electrons. The summed E-state index contributed by atoms with van der Waals surface area (Å²) in [5.41, 5.74) is 3.59. The molecular weight excluding hydrogens is 421 g/mol. The van der Waals surface area contributed by atoms with Crippen LogP contribution < -0.4 is 5.32 Å². The molecule has 0 aliphatic carbocycles. The van der Waals surface area contributed by atoms with E-state index in [1.54, 1.807) is 42.5 Å². The third kappa shape index (κ3) is 4.44. The van der Waals surface area contributed by atoms with Crippen molar-refractivity contribution in [3.8, 4) is 22.3 Å². The van der Waals surface area contributed by atoms with E-state index >= 15 is 0 Å².